The lowest BCUT2D eigenvalue weighted by Gasteiger charge is -2.16. The molecule has 22 heavy (non-hydrogen) atoms. The smallest absolute Gasteiger partial charge is 0.342 e. The van der Waals surface area contributed by atoms with Gasteiger partial charge in [-0.2, -0.15) is 0 Å². The molecule has 0 radical (unpaired) electrons. The number of hydrogen-bond donors (Lipinski definition) is 1. The standard InChI is InChI=1S/C17H18O5/c1-4-21-16(19)13-10(3)11-8-6-7-9-12(11)15(18)14(13)17(20)22-5-2/h6-9,18H,4-5H2,1-3H3. The van der Waals surface area contributed by atoms with Gasteiger partial charge in [-0.05, 0) is 31.7 Å². The highest BCUT2D eigenvalue weighted by molar-refractivity contribution is 6.12. The molecule has 1 N–H and O–H groups in total. The van der Waals surface area contributed by atoms with E-state index in [-0.39, 0.29) is 30.1 Å². The van der Waals surface area contributed by atoms with Crippen molar-refractivity contribution >= 4 is 22.7 Å². The number of hydrogen-bond acceptors (Lipinski definition) is 5. The number of phenolic OH excluding ortho intramolecular Hbond substituents is 1. The van der Waals surface area contributed by atoms with Crippen molar-refractivity contribution in [3.63, 3.8) is 0 Å². The van der Waals surface area contributed by atoms with Crippen molar-refractivity contribution in [1.29, 1.82) is 0 Å². The molecule has 0 atom stereocenters. The van der Waals surface area contributed by atoms with Crippen LogP contribution in [0.5, 0.6) is 5.75 Å². The number of benzene rings is 2. The van der Waals surface area contributed by atoms with Gasteiger partial charge in [-0.25, -0.2) is 9.59 Å². The van der Waals surface area contributed by atoms with E-state index >= 15 is 0 Å². The van der Waals surface area contributed by atoms with Crippen LogP contribution in [-0.4, -0.2) is 30.3 Å². The Labute approximate surface area is 128 Å². The summed E-state index contributed by atoms with van der Waals surface area (Å²) < 4.78 is 10.00. The molecule has 0 aliphatic rings. The Balaban J connectivity index is 2.83. The SMILES string of the molecule is CCOC(=O)c1c(C(=O)OCC)c(O)c2ccccc2c1C. The molecule has 0 aliphatic heterocycles. The van der Waals surface area contributed by atoms with E-state index in [4.69, 9.17) is 9.47 Å². The molecule has 0 saturated carbocycles. The van der Waals surface area contributed by atoms with E-state index < -0.39 is 11.9 Å². The molecule has 2 aromatic carbocycles. The number of rotatable bonds is 4. The Morgan fingerprint density at radius 2 is 1.45 bits per heavy atom. The first-order valence-electron chi connectivity index (χ1n) is 7.11. The van der Waals surface area contributed by atoms with Gasteiger partial charge in [-0.1, -0.05) is 24.3 Å². The topological polar surface area (TPSA) is 72.8 Å². The monoisotopic (exact) mass is 302 g/mol. The predicted molar refractivity (Wildman–Crippen MR) is 82.3 cm³/mol. The molecule has 2 aromatic rings. The van der Waals surface area contributed by atoms with Crippen LogP contribution in [0.3, 0.4) is 0 Å². The molecule has 5 nitrogen and oxygen atoms in total. The maximum Gasteiger partial charge on any atom is 0.342 e. The van der Waals surface area contributed by atoms with E-state index in [1.165, 1.54) is 0 Å². The third-order valence-corrected chi connectivity index (χ3v) is 3.41. The molecule has 116 valence electrons. The lowest BCUT2D eigenvalue weighted by atomic mass is 9.93. The Morgan fingerprint density at radius 1 is 0.955 bits per heavy atom. The van der Waals surface area contributed by atoms with Crippen LogP contribution >= 0.6 is 0 Å². The van der Waals surface area contributed by atoms with E-state index in [1.807, 2.05) is 0 Å². The Kier molecular flexibility index (Phi) is 4.65. The highest BCUT2D eigenvalue weighted by Gasteiger charge is 2.28. The van der Waals surface area contributed by atoms with Gasteiger partial charge in [0.1, 0.15) is 11.3 Å². The van der Waals surface area contributed by atoms with Crippen LogP contribution in [0, 0.1) is 6.92 Å². The second-order valence-corrected chi connectivity index (χ2v) is 4.71. The molecule has 0 bridgehead atoms. The summed E-state index contributed by atoms with van der Waals surface area (Å²) >= 11 is 0. The second kappa shape index (κ2) is 6.47. The van der Waals surface area contributed by atoms with Gasteiger partial charge in [-0.3, -0.25) is 0 Å². The van der Waals surface area contributed by atoms with Gasteiger partial charge in [0, 0.05) is 5.39 Å². The van der Waals surface area contributed by atoms with Gasteiger partial charge < -0.3 is 14.6 Å². The fourth-order valence-corrected chi connectivity index (χ4v) is 2.45. The summed E-state index contributed by atoms with van der Waals surface area (Å²) in [6.07, 6.45) is 0. The number of carbonyl (C=O) groups is 2. The van der Waals surface area contributed by atoms with Gasteiger partial charge in [0.25, 0.3) is 0 Å². The lowest BCUT2D eigenvalue weighted by molar-refractivity contribution is 0.0475. The highest BCUT2D eigenvalue weighted by atomic mass is 16.5. The number of phenols is 1. The average molecular weight is 302 g/mol. The minimum Gasteiger partial charge on any atom is -0.506 e. The molecule has 0 heterocycles. The molecule has 0 aromatic heterocycles. The van der Waals surface area contributed by atoms with Crippen LogP contribution in [0.15, 0.2) is 24.3 Å². The van der Waals surface area contributed by atoms with Gasteiger partial charge in [0.2, 0.25) is 0 Å². The molecule has 0 aliphatic carbocycles. The van der Waals surface area contributed by atoms with Gasteiger partial charge in [0.15, 0.2) is 0 Å². The summed E-state index contributed by atoms with van der Waals surface area (Å²) in [5, 5.41) is 11.6. The van der Waals surface area contributed by atoms with Crippen molar-refractivity contribution in [1.82, 2.24) is 0 Å². The lowest BCUT2D eigenvalue weighted by Crippen LogP contribution is -2.16. The van der Waals surface area contributed by atoms with E-state index in [2.05, 4.69) is 0 Å². The van der Waals surface area contributed by atoms with Crippen LogP contribution in [0.1, 0.15) is 40.1 Å². The number of ether oxygens (including phenoxy) is 2. The first-order valence-corrected chi connectivity index (χ1v) is 7.11. The number of carbonyl (C=O) groups excluding carboxylic acids is 2. The fraction of sp³-hybridized carbons (Fsp3) is 0.294. The largest absolute Gasteiger partial charge is 0.506 e. The molecular weight excluding hydrogens is 284 g/mol. The predicted octanol–water partition coefficient (Wildman–Crippen LogP) is 3.21. The number of esters is 2. The molecule has 0 saturated heterocycles. The van der Waals surface area contributed by atoms with Crippen molar-refractivity contribution in [3.8, 4) is 5.75 Å². The summed E-state index contributed by atoms with van der Waals surface area (Å²) in [5.41, 5.74) is 0.489. The quantitative estimate of drug-likeness (QED) is 0.878. The van der Waals surface area contributed by atoms with Crippen LogP contribution in [0.2, 0.25) is 0 Å². The van der Waals surface area contributed by atoms with Crippen molar-refractivity contribution in [2.75, 3.05) is 13.2 Å². The van der Waals surface area contributed by atoms with Crippen molar-refractivity contribution in [2.24, 2.45) is 0 Å². The number of fused-ring (bicyclic) bond motifs is 1. The summed E-state index contributed by atoms with van der Waals surface area (Å²) in [7, 11) is 0. The van der Waals surface area contributed by atoms with E-state index in [9.17, 15) is 14.7 Å². The van der Waals surface area contributed by atoms with Crippen molar-refractivity contribution in [2.45, 2.75) is 20.8 Å². The van der Waals surface area contributed by atoms with Gasteiger partial charge in [0.05, 0.1) is 18.8 Å². The number of aromatic hydroxyl groups is 1. The molecular formula is C17H18O5. The molecule has 0 fully saturated rings. The molecule has 0 amide bonds. The summed E-state index contributed by atoms with van der Waals surface area (Å²) in [5.74, 6) is -1.65. The molecule has 5 heteroatoms. The third-order valence-electron chi connectivity index (χ3n) is 3.41. The van der Waals surface area contributed by atoms with E-state index in [0.717, 1.165) is 0 Å². The molecule has 2 rings (SSSR count). The maximum atomic E-state index is 12.2. The van der Waals surface area contributed by atoms with E-state index in [0.29, 0.717) is 16.3 Å². The molecule has 0 spiro atoms. The van der Waals surface area contributed by atoms with Crippen molar-refractivity contribution < 1.29 is 24.2 Å². The Hall–Kier alpha value is -2.56. The zero-order valence-electron chi connectivity index (χ0n) is 12.8. The number of aryl methyl sites for hydroxylation is 1. The van der Waals surface area contributed by atoms with Crippen molar-refractivity contribution in [3.05, 3.63) is 41.0 Å². The van der Waals surface area contributed by atoms with Crippen LogP contribution in [0.4, 0.5) is 0 Å². The zero-order valence-corrected chi connectivity index (χ0v) is 12.8. The molecule has 0 unspecified atom stereocenters. The van der Waals surface area contributed by atoms with Crippen LogP contribution < -0.4 is 0 Å². The van der Waals surface area contributed by atoms with Crippen LogP contribution in [-0.2, 0) is 9.47 Å². The third kappa shape index (κ3) is 2.62. The minimum atomic E-state index is -0.739. The van der Waals surface area contributed by atoms with E-state index in [1.54, 1.807) is 45.0 Å². The first-order chi connectivity index (χ1) is 10.5. The zero-order chi connectivity index (χ0) is 16.3. The normalized spacial score (nSPS) is 10.5. The Morgan fingerprint density at radius 3 is 2.00 bits per heavy atom. The van der Waals surface area contributed by atoms with Crippen LogP contribution in [0.25, 0.3) is 10.8 Å². The summed E-state index contributed by atoms with van der Waals surface area (Å²) in [6, 6.07) is 7.02. The highest BCUT2D eigenvalue weighted by Crippen LogP contribution is 2.36. The van der Waals surface area contributed by atoms with Gasteiger partial charge in [-0.15, -0.1) is 0 Å². The average Bonchev–Trinajstić information content (AvgIpc) is 2.51. The fourth-order valence-electron chi connectivity index (χ4n) is 2.45. The summed E-state index contributed by atoms with van der Waals surface area (Å²) in [6.45, 7) is 5.38. The summed E-state index contributed by atoms with van der Waals surface area (Å²) in [4.78, 5) is 24.5. The minimum absolute atomic E-state index is 0.0523. The second-order valence-electron chi connectivity index (χ2n) is 4.71. The van der Waals surface area contributed by atoms with Gasteiger partial charge >= 0.3 is 11.9 Å². The Bertz CT molecular complexity index is 671. The first kappa shape index (κ1) is 15.8. The maximum absolute atomic E-state index is 12.2.